The molecule has 1 heterocycles. The number of hydrogen-bond donors (Lipinski definition) is 2. The number of rotatable bonds is 5. The highest BCUT2D eigenvalue weighted by Crippen LogP contribution is 2.34. The molecule has 1 aromatic rings. The van der Waals surface area contributed by atoms with Gasteiger partial charge in [-0.15, -0.1) is 0 Å². The van der Waals surface area contributed by atoms with Crippen molar-refractivity contribution >= 4 is 17.6 Å². The SMILES string of the molecule is CCC1(C(=O)O)CCN(C(=O)CCc2ccccc2N)C1. The zero-order valence-corrected chi connectivity index (χ0v) is 12.3. The van der Waals surface area contributed by atoms with Gasteiger partial charge in [0.1, 0.15) is 0 Å². The van der Waals surface area contributed by atoms with Gasteiger partial charge in [0.25, 0.3) is 0 Å². The second-order valence-corrected chi connectivity index (χ2v) is 5.70. The Morgan fingerprint density at radius 2 is 2.10 bits per heavy atom. The highest BCUT2D eigenvalue weighted by atomic mass is 16.4. The normalized spacial score (nSPS) is 21.5. The molecule has 0 aromatic heterocycles. The van der Waals surface area contributed by atoms with Gasteiger partial charge >= 0.3 is 5.97 Å². The number of nitrogens with zero attached hydrogens (tertiary/aromatic N) is 1. The second kappa shape index (κ2) is 6.16. The predicted octanol–water partition coefficient (Wildman–Crippen LogP) is 1.91. The molecule has 0 radical (unpaired) electrons. The molecule has 1 saturated heterocycles. The molecule has 3 N–H and O–H groups in total. The lowest BCUT2D eigenvalue weighted by Crippen LogP contribution is -2.36. The van der Waals surface area contributed by atoms with Crippen molar-refractivity contribution in [1.82, 2.24) is 4.90 Å². The van der Waals surface area contributed by atoms with Crippen molar-refractivity contribution in [3.05, 3.63) is 29.8 Å². The third kappa shape index (κ3) is 3.17. The van der Waals surface area contributed by atoms with E-state index in [0.717, 1.165) is 5.56 Å². The lowest BCUT2D eigenvalue weighted by atomic mass is 9.84. The van der Waals surface area contributed by atoms with E-state index in [4.69, 9.17) is 5.73 Å². The molecule has 0 spiro atoms. The molecule has 2 rings (SSSR count). The molecule has 21 heavy (non-hydrogen) atoms. The van der Waals surface area contributed by atoms with Crippen molar-refractivity contribution in [2.24, 2.45) is 5.41 Å². The molecule has 114 valence electrons. The molecule has 0 aliphatic carbocycles. The van der Waals surface area contributed by atoms with Crippen molar-refractivity contribution in [1.29, 1.82) is 0 Å². The Kier molecular flexibility index (Phi) is 4.50. The first-order valence-corrected chi connectivity index (χ1v) is 7.33. The molecule has 1 aliphatic heterocycles. The summed E-state index contributed by atoms with van der Waals surface area (Å²) in [5.41, 5.74) is 6.76. The maximum atomic E-state index is 12.2. The van der Waals surface area contributed by atoms with Crippen LogP contribution in [0.4, 0.5) is 5.69 Å². The molecular formula is C16H22N2O3. The van der Waals surface area contributed by atoms with Gasteiger partial charge in [0.2, 0.25) is 5.91 Å². The molecule has 5 nitrogen and oxygen atoms in total. The minimum Gasteiger partial charge on any atom is -0.481 e. The molecule has 1 fully saturated rings. The zero-order chi connectivity index (χ0) is 15.5. The quantitative estimate of drug-likeness (QED) is 0.811. The number of carbonyl (C=O) groups excluding carboxylic acids is 1. The first kappa shape index (κ1) is 15.4. The van der Waals surface area contributed by atoms with E-state index in [1.165, 1.54) is 0 Å². The Labute approximate surface area is 124 Å². The van der Waals surface area contributed by atoms with Crippen molar-refractivity contribution in [2.45, 2.75) is 32.6 Å². The number of hydrogen-bond acceptors (Lipinski definition) is 3. The number of nitrogen functional groups attached to an aromatic ring is 1. The maximum absolute atomic E-state index is 12.2. The minimum absolute atomic E-state index is 0.00910. The van der Waals surface area contributed by atoms with Crippen molar-refractivity contribution in [2.75, 3.05) is 18.8 Å². The maximum Gasteiger partial charge on any atom is 0.311 e. The van der Waals surface area contributed by atoms with Gasteiger partial charge in [-0.2, -0.15) is 0 Å². The minimum atomic E-state index is -0.799. The Balaban J connectivity index is 1.94. The first-order chi connectivity index (χ1) is 9.98. The topological polar surface area (TPSA) is 83.6 Å². The number of amides is 1. The second-order valence-electron chi connectivity index (χ2n) is 5.70. The smallest absolute Gasteiger partial charge is 0.311 e. The number of benzene rings is 1. The number of carboxylic acid groups (broad SMARTS) is 1. The molecule has 0 saturated carbocycles. The van der Waals surface area contributed by atoms with Crippen LogP contribution in [0.15, 0.2) is 24.3 Å². The predicted molar refractivity (Wildman–Crippen MR) is 80.7 cm³/mol. The molecule has 1 atom stereocenters. The largest absolute Gasteiger partial charge is 0.481 e. The average molecular weight is 290 g/mol. The van der Waals surface area contributed by atoms with Crippen LogP contribution in [0.25, 0.3) is 0 Å². The Bertz CT molecular complexity index is 544. The van der Waals surface area contributed by atoms with Crippen LogP contribution in [0.2, 0.25) is 0 Å². The van der Waals surface area contributed by atoms with Gasteiger partial charge in [0.05, 0.1) is 5.41 Å². The van der Waals surface area contributed by atoms with Crippen LogP contribution in [-0.2, 0) is 16.0 Å². The Hall–Kier alpha value is -2.04. The molecule has 1 unspecified atom stereocenters. The van der Waals surface area contributed by atoms with Crippen LogP contribution in [0.5, 0.6) is 0 Å². The standard InChI is InChI=1S/C16H22N2O3/c1-2-16(15(20)21)9-10-18(11-16)14(19)8-7-12-5-3-4-6-13(12)17/h3-6H,2,7-11,17H2,1H3,(H,20,21). The number of anilines is 1. The summed E-state index contributed by atoms with van der Waals surface area (Å²) >= 11 is 0. The van der Waals surface area contributed by atoms with Gasteiger partial charge in [-0.25, -0.2) is 0 Å². The molecule has 1 amide bonds. The third-order valence-corrected chi connectivity index (χ3v) is 4.50. The summed E-state index contributed by atoms with van der Waals surface area (Å²) in [5.74, 6) is -0.789. The van der Waals surface area contributed by atoms with Gasteiger partial charge in [0.15, 0.2) is 0 Å². The van der Waals surface area contributed by atoms with Crippen LogP contribution in [-0.4, -0.2) is 35.0 Å². The van der Waals surface area contributed by atoms with E-state index in [1.807, 2.05) is 31.2 Å². The van der Waals surface area contributed by atoms with E-state index in [9.17, 15) is 14.7 Å². The molecule has 1 aliphatic rings. The van der Waals surface area contributed by atoms with Crippen LogP contribution < -0.4 is 5.73 Å². The third-order valence-electron chi connectivity index (χ3n) is 4.50. The summed E-state index contributed by atoms with van der Waals surface area (Å²) in [5, 5.41) is 9.35. The summed E-state index contributed by atoms with van der Waals surface area (Å²) < 4.78 is 0. The number of carbonyl (C=O) groups is 2. The number of aryl methyl sites for hydroxylation is 1. The monoisotopic (exact) mass is 290 g/mol. The fraction of sp³-hybridized carbons (Fsp3) is 0.500. The summed E-state index contributed by atoms with van der Waals surface area (Å²) in [6.45, 7) is 2.72. The fourth-order valence-corrected chi connectivity index (χ4v) is 2.86. The fourth-order valence-electron chi connectivity index (χ4n) is 2.86. The molecule has 1 aromatic carbocycles. The van der Waals surface area contributed by atoms with Gasteiger partial charge in [-0.1, -0.05) is 25.1 Å². The number of nitrogens with two attached hydrogens (primary N) is 1. The number of aliphatic carboxylic acids is 1. The zero-order valence-electron chi connectivity index (χ0n) is 12.3. The van der Waals surface area contributed by atoms with Crippen LogP contribution in [0, 0.1) is 5.41 Å². The van der Waals surface area contributed by atoms with E-state index >= 15 is 0 Å². The van der Waals surface area contributed by atoms with Crippen LogP contribution in [0.1, 0.15) is 31.7 Å². The summed E-state index contributed by atoms with van der Waals surface area (Å²) in [7, 11) is 0. The highest BCUT2D eigenvalue weighted by Gasteiger charge is 2.44. The first-order valence-electron chi connectivity index (χ1n) is 7.33. The van der Waals surface area contributed by atoms with Crippen molar-refractivity contribution in [3.8, 4) is 0 Å². The van der Waals surface area contributed by atoms with Gasteiger partial charge in [-0.05, 0) is 30.9 Å². The number of carboxylic acids is 1. The summed E-state index contributed by atoms with van der Waals surface area (Å²) in [6, 6.07) is 7.50. The van der Waals surface area contributed by atoms with Gasteiger partial charge in [-0.3, -0.25) is 9.59 Å². The lowest BCUT2D eigenvalue weighted by Gasteiger charge is -2.23. The Morgan fingerprint density at radius 1 is 1.38 bits per heavy atom. The average Bonchev–Trinajstić information content (AvgIpc) is 2.92. The van der Waals surface area contributed by atoms with E-state index in [1.54, 1.807) is 4.90 Å². The van der Waals surface area contributed by atoms with E-state index in [-0.39, 0.29) is 5.91 Å². The lowest BCUT2D eigenvalue weighted by molar-refractivity contribution is -0.148. The molecular weight excluding hydrogens is 268 g/mol. The van der Waals surface area contributed by atoms with Gasteiger partial charge in [0, 0.05) is 25.2 Å². The number of para-hydroxylation sites is 1. The molecule has 5 heteroatoms. The highest BCUT2D eigenvalue weighted by molar-refractivity contribution is 5.81. The Morgan fingerprint density at radius 3 is 2.67 bits per heavy atom. The summed E-state index contributed by atoms with van der Waals surface area (Å²) in [4.78, 5) is 25.3. The molecule has 0 bridgehead atoms. The van der Waals surface area contributed by atoms with Crippen molar-refractivity contribution < 1.29 is 14.7 Å². The number of likely N-dealkylation sites (tertiary alicyclic amines) is 1. The van der Waals surface area contributed by atoms with Gasteiger partial charge < -0.3 is 15.7 Å². The van der Waals surface area contributed by atoms with E-state index in [2.05, 4.69) is 0 Å². The van der Waals surface area contributed by atoms with E-state index in [0.29, 0.717) is 44.5 Å². The summed E-state index contributed by atoms with van der Waals surface area (Å²) in [6.07, 6.45) is 2.05. The van der Waals surface area contributed by atoms with E-state index < -0.39 is 11.4 Å². The van der Waals surface area contributed by atoms with Crippen LogP contribution in [0.3, 0.4) is 0 Å². The van der Waals surface area contributed by atoms with Crippen molar-refractivity contribution in [3.63, 3.8) is 0 Å². The van der Waals surface area contributed by atoms with Crippen LogP contribution >= 0.6 is 0 Å².